The van der Waals surface area contributed by atoms with Gasteiger partial charge < -0.3 is 4.74 Å². The van der Waals surface area contributed by atoms with Crippen LogP contribution in [0, 0.1) is 6.92 Å². The minimum atomic E-state index is -0.113. The topological polar surface area (TPSA) is 54.8 Å². The van der Waals surface area contributed by atoms with Gasteiger partial charge in [-0.05, 0) is 60.2 Å². The number of ether oxygens (including phenoxy) is 1. The van der Waals surface area contributed by atoms with Gasteiger partial charge in [0.2, 0.25) is 5.13 Å². The third-order valence-electron chi connectivity index (χ3n) is 5.11. The Morgan fingerprint density at radius 1 is 1.03 bits per heavy atom. The molecule has 0 atom stereocenters. The van der Waals surface area contributed by atoms with Gasteiger partial charge in [-0.15, -0.1) is 11.3 Å². The Labute approximate surface area is 206 Å². The number of amides is 1. The molecule has 2 heterocycles. The molecule has 34 heavy (non-hydrogen) atoms. The van der Waals surface area contributed by atoms with Crippen molar-refractivity contribution >= 4 is 51.1 Å². The highest BCUT2D eigenvalue weighted by molar-refractivity contribution is 8.19. The number of hydrogen-bond acceptors (Lipinski definition) is 6. The van der Waals surface area contributed by atoms with Crippen LogP contribution >= 0.6 is 23.1 Å². The molecule has 1 fully saturated rings. The summed E-state index contributed by atoms with van der Waals surface area (Å²) in [7, 11) is 0. The van der Waals surface area contributed by atoms with Crippen LogP contribution in [0.4, 0.5) is 10.8 Å². The summed E-state index contributed by atoms with van der Waals surface area (Å²) in [5, 5.41) is 3.07. The van der Waals surface area contributed by atoms with E-state index in [-0.39, 0.29) is 5.91 Å². The number of thiazole rings is 1. The summed E-state index contributed by atoms with van der Waals surface area (Å²) in [6, 6.07) is 25.6. The zero-order chi connectivity index (χ0) is 23.3. The number of anilines is 1. The summed E-state index contributed by atoms with van der Waals surface area (Å²) >= 11 is 2.78. The number of carbonyl (C=O) groups is 1. The van der Waals surface area contributed by atoms with Crippen molar-refractivity contribution in [2.75, 3.05) is 4.90 Å². The van der Waals surface area contributed by atoms with Crippen molar-refractivity contribution in [1.82, 2.24) is 4.98 Å². The van der Waals surface area contributed by atoms with Gasteiger partial charge in [0.25, 0.3) is 5.91 Å². The second kappa shape index (κ2) is 10.1. The van der Waals surface area contributed by atoms with Gasteiger partial charge in [0.05, 0.1) is 10.6 Å². The molecule has 1 aliphatic rings. The molecule has 7 heteroatoms. The van der Waals surface area contributed by atoms with Gasteiger partial charge in [0.1, 0.15) is 12.4 Å². The largest absolute Gasteiger partial charge is 0.489 e. The van der Waals surface area contributed by atoms with Crippen molar-refractivity contribution in [3.63, 3.8) is 0 Å². The fourth-order valence-electron chi connectivity index (χ4n) is 3.40. The van der Waals surface area contributed by atoms with Crippen LogP contribution in [0.25, 0.3) is 6.08 Å². The smallest absolute Gasteiger partial charge is 0.271 e. The first-order chi connectivity index (χ1) is 16.7. The molecule has 5 nitrogen and oxygen atoms in total. The Morgan fingerprint density at radius 2 is 1.85 bits per heavy atom. The van der Waals surface area contributed by atoms with E-state index in [1.54, 1.807) is 11.1 Å². The van der Waals surface area contributed by atoms with Gasteiger partial charge in [-0.25, -0.2) is 4.98 Å². The Hall–Kier alpha value is -3.68. The van der Waals surface area contributed by atoms with E-state index < -0.39 is 0 Å². The van der Waals surface area contributed by atoms with E-state index in [0.717, 1.165) is 22.6 Å². The van der Waals surface area contributed by atoms with Crippen LogP contribution in [-0.2, 0) is 11.4 Å². The molecular formula is C27H21N3O2S2. The summed E-state index contributed by atoms with van der Waals surface area (Å²) in [4.78, 5) is 24.5. The first kappa shape index (κ1) is 22.1. The number of aliphatic imine (C=N–C) groups is 1. The van der Waals surface area contributed by atoms with E-state index in [2.05, 4.69) is 41.2 Å². The lowest BCUT2D eigenvalue weighted by molar-refractivity contribution is -0.113. The quantitative estimate of drug-likeness (QED) is 0.282. The average molecular weight is 484 g/mol. The first-order valence-electron chi connectivity index (χ1n) is 10.7. The number of carbonyl (C=O) groups excluding carboxylic acids is 1. The molecule has 4 aromatic rings. The Bertz CT molecular complexity index is 1350. The van der Waals surface area contributed by atoms with Crippen LogP contribution in [0.1, 0.15) is 16.7 Å². The van der Waals surface area contributed by atoms with Crippen molar-refractivity contribution in [3.8, 4) is 5.75 Å². The molecule has 168 valence electrons. The molecule has 1 amide bonds. The van der Waals surface area contributed by atoms with Gasteiger partial charge in [-0.1, -0.05) is 60.2 Å². The van der Waals surface area contributed by atoms with Crippen LogP contribution in [0.3, 0.4) is 0 Å². The van der Waals surface area contributed by atoms with Crippen molar-refractivity contribution in [2.45, 2.75) is 13.5 Å². The van der Waals surface area contributed by atoms with Crippen LogP contribution < -0.4 is 9.64 Å². The van der Waals surface area contributed by atoms with Crippen LogP contribution in [0.2, 0.25) is 0 Å². The van der Waals surface area contributed by atoms with E-state index in [4.69, 9.17) is 4.74 Å². The molecule has 3 aromatic carbocycles. The van der Waals surface area contributed by atoms with Crippen LogP contribution in [0.15, 0.2) is 100 Å². The lowest BCUT2D eigenvalue weighted by atomic mass is 10.1. The monoisotopic (exact) mass is 483 g/mol. The molecule has 0 bridgehead atoms. The summed E-state index contributed by atoms with van der Waals surface area (Å²) in [6.07, 6.45) is 3.59. The third kappa shape index (κ3) is 5.11. The fraction of sp³-hybridized carbons (Fsp3) is 0.0741. The summed E-state index contributed by atoms with van der Waals surface area (Å²) < 4.78 is 5.98. The highest BCUT2D eigenvalue weighted by Gasteiger charge is 2.34. The van der Waals surface area contributed by atoms with Gasteiger partial charge in [-0.3, -0.25) is 9.69 Å². The SMILES string of the molecule is Cc1ccc(COc2cccc(/C=C3\S/C(=N/c4nccs4)N(c4ccccc4)C3=O)c2)cc1. The minimum Gasteiger partial charge on any atom is -0.489 e. The molecular weight excluding hydrogens is 462 g/mol. The maximum atomic E-state index is 13.4. The number of hydrogen-bond donors (Lipinski definition) is 0. The van der Waals surface area contributed by atoms with E-state index >= 15 is 0 Å². The zero-order valence-electron chi connectivity index (χ0n) is 18.4. The second-order valence-corrected chi connectivity index (χ2v) is 9.52. The molecule has 0 saturated carbocycles. The molecule has 0 aliphatic carbocycles. The number of aryl methyl sites for hydroxylation is 1. The fourth-order valence-corrected chi connectivity index (χ4v) is 4.95. The number of thioether (sulfide) groups is 1. The van der Waals surface area contributed by atoms with Crippen LogP contribution in [-0.4, -0.2) is 16.1 Å². The molecule has 1 aromatic heterocycles. The molecule has 0 spiro atoms. The third-order valence-corrected chi connectivity index (χ3v) is 6.75. The lowest BCUT2D eigenvalue weighted by Gasteiger charge is -2.14. The number of rotatable bonds is 6. The summed E-state index contributed by atoms with van der Waals surface area (Å²) in [5.74, 6) is 0.638. The maximum absolute atomic E-state index is 13.4. The van der Waals surface area contributed by atoms with E-state index in [9.17, 15) is 4.79 Å². The normalized spacial score (nSPS) is 15.9. The lowest BCUT2D eigenvalue weighted by Crippen LogP contribution is -2.28. The van der Waals surface area contributed by atoms with E-state index in [1.807, 2.05) is 66.1 Å². The van der Waals surface area contributed by atoms with Gasteiger partial charge in [0, 0.05) is 11.6 Å². The highest BCUT2D eigenvalue weighted by Crippen LogP contribution is 2.37. The molecule has 0 N–H and O–H groups in total. The number of aromatic nitrogens is 1. The van der Waals surface area contributed by atoms with Crippen molar-refractivity contribution in [2.24, 2.45) is 4.99 Å². The predicted molar refractivity (Wildman–Crippen MR) is 141 cm³/mol. The van der Waals surface area contributed by atoms with Gasteiger partial charge in [0.15, 0.2) is 5.17 Å². The van der Waals surface area contributed by atoms with E-state index in [1.165, 1.54) is 28.7 Å². The van der Waals surface area contributed by atoms with Crippen LogP contribution in [0.5, 0.6) is 5.75 Å². The number of para-hydroxylation sites is 1. The zero-order valence-corrected chi connectivity index (χ0v) is 20.1. The van der Waals surface area contributed by atoms with Crippen molar-refractivity contribution < 1.29 is 9.53 Å². The first-order valence-corrected chi connectivity index (χ1v) is 12.4. The van der Waals surface area contributed by atoms with Gasteiger partial charge >= 0.3 is 0 Å². The maximum Gasteiger partial charge on any atom is 0.271 e. The summed E-state index contributed by atoms with van der Waals surface area (Å²) in [6.45, 7) is 2.55. The van der Waals surface area contributed by atoms with Gasteiger partial charge in [-0.2, -0.15) is 4.99 Å². The highest BCUT2D eigenvalue weighted by atomic mass is 32.2. The predicted octanol–water partition coefficient (Wildman–Crippen LogP) is 6.84. The number of nitrogens with zero attached hydrogens (tertiary/aromatic N) is 3. The Balaban J connectivity index is 1.40. The molecule has 1 aliphatic heterocycles. The standard InChI is InChI=1S/C27H21N3O2S2/c1-19-10-12-20(13-11-19)18-32-23-9-5-6-21(16-23)17-24-25(31)30(22-7-3-2-4-8-22)27(34-24)29-26-28-14-15-33-26/h2-17H,18H2,1H3/b24-17-,29-27+. The van der Waals surface area contributed by atoms with Crippen molar-refractivity contribution in [3.05, 3.63) is 112 Å². The number of amidine groups is 1. The Kier molecular flexibility index (Phi) is 6.56. The Morgan fingerprint density at radius 3 is 2.62 bits per heavy atom. The minimum absolute atomic E-state index is 0.113. The average Bonchev–Trinajstić information content (AvgIpc) is 3.47. The molecule has 1 saturated heterocycles. The molecule has 0 radical (unpaired) electrons. The molecule has 5 rings (SSSR count). The van der Waals surface area contributed by atoms with E-state index in [0.29, 0.717) is 21.8 Å². The summed E-state index contributed by atoms with van der Waals surface area (Å²) in [5.41, 5.74) is 3.99. The number of benzene rings is 3. The van der Waals surface area contributed by atoms with Crippen molar-refractivity contribution in [1.29, 1.82) is 0 Å². The molecule has 0 unspecified atom stereocenters. The second-order valence-electron chi connectivity index (χ2n) is 7.64.